The van der Waals surface area contributed by atoms with E-state index in [-0.39, 0.29) is 11.9 Å². The first-order valence-corrected chi connectivity index (χ1v) is 7.49. The number of hydrogen-bond acceptors (Lipinski definition) is 2. The van der Waals surface area contributed by atoms with E-state index in [1.165, 1.54) is 25.0 Å². The molecule has 102 valence electrons. The van der Waals surface area contributed by atoms with Gasteiger partial charge in [0.25, 0.3) is 0 Å². The summed E-state index contributed by atoms with van der Waals surface area (Å²) in [5, 5.41) is 0. The fraction of sp³-hybridized carbons (Fsp3) is 0.600. The van der Waals surface area contributed by atoms with Crippen molar-refractivity contribution in [3.63, 3.8) is 0 Å². The summed E-state index contributed by atoms with van der Waals surface area (Å²) in [5.74, 6) is 0.712. The van der Waals surface area contributed by atoms with Gasteiger partial charge in [-0.15, -0.1) is 11.8 Å². The minimum Gasteiger partial charge on any atom is -0.327 e. The molecule has 0 spiro atoms. The smallest absolute Gasteiger partial charge is 0.123 e. The van der Waals surface area contributed by atoms with E-state index in [9.17, 15) is 4.39 Å². The summed E-state index contributed by atoms with van der Waals surface area (Å²) >= 11 is 1.70. The molecule has 3 heteroatoms. The highest BCUT2D eigenvalue weighted by atomic mass is 32.2. The van der Waals surface area contributed by atoms with E-state index in [0.29, 0.717) is 5.41 Å². The second kappa shape index (κ2) is 7.15. The van der Waals surface area contributed by atoms with Gasteiger partial charge in [-0.25, -0.2) is 4.39 Å². The van der Waals surface area contributed by atoms with Gasteiger partial charge in [0, 0.05) is 16.7 Å². The van der Waals surface area contributed by atoms with Gasteiger partial charge in [0.15, 0.2) is 0 Å². The summed E-state index contributed by atoms with van der Waals surface area (Å²) in [6.45, 7) is 6.77. The van der Waals surface area contributed by atoms with Crippen LogP contribution in [0.1, 0.15) is 40.0 Å². The molecule has 0 aliphatic carbocycles. The van der Waals surface area contributed by atoms with E-state index in [1.807, 2.05) is 12.1 Å². The maximum absolute atomic E-state index is 12.7. The predicted octanol–water partition coefficient (Wildman–Crippen LogP) is 4.46. The van der Waals surface area contributed by atoms with Gasteiger partial charge in [-0.2, -0.15) is 0 Å². The maximum Gasteiger partial charge on any atom is 0.123 e. The fourth-order valence-corrected chi connectivity index (χ4v) is 2.61. The monoisotopic (exact) mass is 269 g/mol. The van der Waals surface area contributed by atoms with Crippen molar-refractivity contribution in [3.05, 3.63) is 30.1 Å². The van der Waals surface area contributed by atoms with E-state index in [2.05, 4.69) is 20.8 Å². The molecule has 1 aromatic rings. The molecule has 0 aromatic heterocycles. The quantitative estimate of drug-likeness (QED) is 0.771. The Bertz CT molecular complexity index is 343. The van der Waals surface area contributed by atoms with Crippen molar-refractivity contribution in [1.29, 1.82) is 0 Å². The van der Waals surface area contributed by atoms with Gasteiger partial charge in [-0.1, -0.05) is 27.2 Å². The molecular formula is C15H24FNS. The predicted molar refractivity (Wildman–Crippen MR) is 78.4 cm³/mol. The topological polar surface area (TPSA) is 26.0 Å². The van der Waals surface area contributed by atoms with Crippen LogP contribution in [0.5, 0.6) is 0 Å². The molecular weight excluding hydrogens is 245 g/mol. The Labute approximate surface area is 114 Å². The van der Waals surface area contributed by atoms with Crippen molar-refractivity contribution in [1.82, 2.24) is 0 Å². The third-order valence-electron chi connectivity index (χ3n) is 2.78. The van der Waals surface area contributed by atoms with Gasteiger partial charge in [0.05, 0.1) is 0 Å². The maximum atomic E-state index is 12.7. The number of hydrogen-bond donors (Lipinski definition) is 1. The second-order valence-electron chi connectivity index (χ2n) is 5.98. The highest BCUT2D eigenvalue weighted by Gasteiger charge is 2.11. The van der Waals surface area contributed by atoms with Crippen LogP contribution in [-0.4, -0.2) is 11.8 Å². The number of rotatable bonds is 6. The van der Waals surface area contributed by atoms with Crippen LogP contribution in [0.25, 0.3) is 0 Å². The lowest BCUT2D eigenvalue weighted by Crippen LogP contribution is -2.23. The molecule has 0 fully saturated rings. The molecule has 1 atom stereocenters. The Morgan fingerprint density at radius 3 is 2.39 bits per heavy atom. The Morgan fingerprint density at radius 1 is 1.22 bits per heavy atom. The fourth-order valence-electron chi connectivity index (χ4n) is 1.71. The molecule has 0 radical (unpaired) electrons. The summed E-state index contributed by atoms with van der Waals surface area (Å²) in [4.78, 5) is 1.09. The molecule has 1 unspecified atom stereocenters. The molecule has 1 rings (SSSR count). The van der Waals surface area contributed by atoms with E-state index in [0.717, 1.165) is 17.1 Å². The lowest BCUT2D eigenvalue weighted by molar-refractivity contribution is 0.355. The van der Waals surface area contributed by atoms with Crippen molar-refractivity contribution >= 4 is 11.8 Å². The molecule has 18 heavy (non-hydrogen) atoms. The van der Waals surface area contributed by atoms with Gasteiger partial charge in [0.2, 0.25) is 0 Å². The SMILES string of the molecule is CC(C)(C)CCCC(N)CSc1ccc(F)cc1. The van der Waals surface area contributed by atoms with Gasteiger partial charge in [-0.05, 0) is 42.5 Å². The van der Waals surface area contributed by atoms with Gasteiger partial charge in [0.1, 0.15) is 5.82 Å². The molecule has 0 aliphatic heterocycles. The zero-order valence-electron chi connectivity index (χ0n) is 11.6. The molecule has 0 saturated heterocycles. The van der Waals surface area contributed by atoms with E-state index < -0.39 is 0 Å². The summed E-state index contributed by atoms with van der Waals surface area (Å²) in [7, 11) is 0. The standard InChI is InChI=1S/C15H24FNS/c1-15(2,3)10-4-5-13(17)11-18-14-8-6-12(16)7-9-14/h6-9,13H,4-5,10-11,17H2,1-3H3. The van der Waals surface area contributed by atoms with Crippen LogP contribution in [0.15, 0.2) is 29.2 Å². The van der Waals surface area contributed by atoms with E-state index in [4.69, 9.17) is 5.73 Å². The van der Waals surface area contributed by atoms with Crippen molar-refractivity contribution in [2.45, 2.75) is 51.0 Å². The summed E-state index contributed by atoms with van der Waals surface area (Å²) in [6.07, 6.45) is 3.45. The molecule has 2 N–H and O–H groups in total. The second-order valence-corrected chi connectivity index (χ2v) is 7.07. The van der Waals surface area contributed by atoms with Gasteiger partial charge < -0.3 is 5.73 Å². The molecule has 0 amide bonds. The van der Waals surface area contributed by atoms with E-state index >= 15 is 0 Å². The van der Waals surface area contributed by atoms with Crippen molar-refractivity contribution < 1.29 is 4.39 Å². The number of thioether (sulfide) groups is 1. The third-order valence-corrected chi connectivity index (χ3v) is 3.98. The minimum absolute atomic E-state index is 0.186. The highest BCUT2D eigenvalue weighted by Crippen LogP contribution is 2.23. The van der Waals surface area contributed by atoms with Crippen molar-refractivity contribution in [2.75, 3.05) is 5.75 Å². The molecule has 0 saturated carbocycles. The van der Waals surface area contributed by atoms with Crippen LogP contribution in [-0.2, 0) is 0 Å². The summed E-state index contributed by atoms with van der Waals surface area (Å²) in [6, 6.07) is 6.83. The minimum atomic E-state index is -0.186. The first-order valence-electron chi connectivity index (χ1n) is 6.51. The Balaban J connectivity index is 2.21. The lowest BCUT2D eigenvalue weighted by atomic mass is 9.89. The van der Waals surface area contributed by atoms with Gasteiger partial charge in [-0.3, -0.25) is 0 Å². The highest BCUT2D eigenvalue weighted by molar-refractivity contribution is 7.99. The molecule has 0 bridgehead atoms. The first kappa shape index (κ1) is 15.5. The van der Waals surface area contributed by atoms with E-state index in [1.54, 1.807) is 11.8 Å². The van der Waals surface area contributed by atoms with Crippen LogP contribution in [0.3, 0.4) is 0 Å². The van der Waals surface area contributed by atoms with Crippen LogP contribution >= 0.6 is 11.8 Å². The van der Waals surface area contributed by atoms with Gasteiger partial charge >= 0.3 is 0 Å². The summed E-state index contributed by atoms with van der Waals surface area (Å²) < 4.78 is 12.7. The van der Waals surface area contributed by atoms with Crippen LogP contribution in [0.4, 0.5) is 4.39 Å². The van der Waals surface area contributed by atoms with Crippen molar-refractivity contribution in [2.24, 2.45) is 11.1 Å². The van der Waals surface area contributed by atoms with Crippen molar-refractivity contribution in [3.8, 4) is 0 Å². The lowest BCUT2D eigenvalue weighted by Gasteiger charge is -2.19. The Hall–Kier alpha value is -0.540. The first-order chi connectivity index (χ1) is 8.37. The molecule has 0 heterocycles. The number of halogens is 1. The Kier molecular flexibility index (Phi) is 6.16. The van der Waals surface area contributed by atoms with Crippen LogP contribution in [0, 0.1) is 11.2 Å². The third kappa shape index (κ3) is 7.02. The van der Waals surface area contributed by atoms with Crippen LogP contribution < -0.4 is 5.73 Å². The van der Waals surface area contributed by atoms with Crippen LogP contribution in [0.2, 0.25) is 0 Å². The average molecular weight is 269 g/mol. The number of benzene rings is 1. The number of nitrogens with two attached hydrogens (primary N) is 1. The molecule has 1 nitrogen and oxygen atoms in total. The zero-order valence-corrected chi connectivity index (χ0v) is 12.4. The Morgan fingerprint density at radius 2 is 1.83 bits per heavy atom. The summed E-state index contributed by atoms with van der Waals surface area (Å²) in [5.41, 5.74) is 6.48. The normalized spacial score (nSPS) is 13.6. The molecule has 1 aromatic carbocycles. The molecule has 0 aliphatic rings. The largest absolute Gasteiger partial charge is 0.327 e. The average Bonchev–Trinajstić information content (AvgIpc) is 2.26. The zero-order chi connectivity index (χ0) is 13.6.